The van der Waals surface area contributed by atoms with Gasteiger partial charge in [-0.05, 0) is 43.7 Å². The number of benzene rings is 2. The second kappa shape index (κ2) is 9.94. The molecule has 0 aromatic heterocycles. The number of ether oxygens (including phenoxy) is 1. The molecule has 0 spiro atoms. The number of nitrogens with zero attached hydrogens (tertiary/aromatic N) is 3. The number of allylic oxidation sites excluding steroid dienone is 1. The second-order valence-electron chi connectivity index (χ2n) is 7.42. The summed E-state index contributed by atoms with van der Waals surface area (Å²) in [6.07, 6.45) is 2.21. The third-order valence-corrected chi connectivity index (χ3v) is 5.12. The van der Waals surface area contributed by atoms with Gasteiger partial charge in [0.2, 0.25) is 5.91 Å². The molecule has 176 valence electrons. The zero-order chi connectivity index (χ0) is 25.0. The summed E-state index contributed by atoms with van der Waals surface area (Å²) in [7, 11) is 1.41. The fraction of sp³-hybridized carbons (Fsp3) is 0.217. The van der Waals surface area contributed by atoms with Gasteiger partial charge in [0.15, 0.2) is 0 Å². The van der Waals surface area contributed by atoms with E-state index in [0.29, 0.717) is 5.75 Å². The Balaban J connectivity index is 1.92. The summed E-state index contributed by atoms with van der Waals surface area (Å²) in [6.45, 7) is 3.37. The second-order valence-corrected chi connectivity index (χ2v) is 7.42. The molecule has 1 aliphatic heterocycles. The van der Waals surface area contributed by atoms with Gasteiger partial charge in [-0.3, -0.25) is 34.7 Å². The van der Waals surface area contributed by atoms with Crippen LogP contribution in [0, 0.1) is 17.0 Å². The van der Waals surface area contributed by atoms with Crippen molar-refractivity contribution in [1.29, 1.82) is 0 Å². The molecule has 1 fully saturated rings. The Kier molecular flexibility index (Phi) is 7.05. The number of aryl methyl sites for hydroxylation is 1. The molecule has 34 heavy (non-hydrogen) atoms. The van der Waals surface area contributed by atoms with Crippen molar-refractivity contribution in [2.24, 2.45) is 0 Å². The lowest BCUT2D eigenvalue weighted by molar-refractivity contribution is -0.384. The van der Waals surface area contributed by atoms with E-state index >= 15 is 0 Å². The summed E-state index contributed by atoms with van der Waals surface area (Å²) in [5.41, 5.74) is 3.20. The van der Waals surface area contributed by atoms with E-state index in [1.165, 1.54) is 25.3 Å². The summed E-state index contributed by atoms with van der Waals surface area (Å²) in [6, 6.07) is 8.42. The highest BCUT2D eigenvalue weighted by Crippen LogP contribution is 2.34. The number of hydrogen-bond acceptors (Lipinski definition) is 7. The van der Waals surface area contributed by atoms with Gasteiger partial charge in [0.1, 0.15) is 11.8 Å². The van der Waals surface area contributed by atoms with E-state index in [4.69, 9.17) is 4.74 Å². The number of nitrogens with one attached hydrogen (secondary N) is 1. The largest absolute Gasteiger partial charge is 0.495 e. The van der Waals surface area contributed by atoms with Crippen molar-refractivity contribution in [3.05, 3.63) is 75.9 Å². The summed E-state index contributed by atoms with van der Waals surface area (Å²) in [4.78, 5) is 62.8. The summed E-state index contributed by atoms with van der Waals surface area (Å²) < 4.78 is 5.28. The Hall–Kier alpha value is -4.54. The number of carbonyl (C=O) groups is 4. The molecule has 1 atom stereocenters. The Bertz CT molecular complexity index is 1190. The normalized spacial score (nSPS) is 15.5. The molecule has 11 nitrogen and oxygen atoms in total. The van der Waals surface area contributed by atoms with Crippen molar-refractivity contribution < 1.29 is 28.8 Å². The molecule has 0 saturated carbocycles. The smallest absolute Gasteiger partial charge is 0.269 e. The maximum Gasteiger partial charge on any atom is 0.269 e. The maximum atomic E-state index is 13.3. The molecule has 2 aromatic carbocycles. The average molecular weight is 466 g/mol. The lowest BCUT2D eigenvalue weighted by Crippen LogP contribution is -2.54. The van der Waals surface area contributed by atoms with Gasteiger partial charge in [0.25, 0.3) is 23.4 Å². The molecule has 11 heteroatoms. The van der Waals surface area contributed by atoms with E-state index in [9.17, 15) is 29.3 Å². The number of nitro benzene ring substituents is 1. The monoisotopic (exact) mass is 466 g/mol. The topological polar surface area (TPSA) is 139 Å². The first kappa shape index (κ1) is 24.1. The Labute approximate surface area is 194 Å². The highest BCUT2D eigenvalue weighted by molar-refractivity contribution is 6.24. The molecule has 2 aromatic rings. The minimum atomic E-state index is -1.30. The fourth-order valence-electron chi connectivity index (χ4n) is 3.46. The van der Waals surface area contributed by atoms with Gasteiger partial charge in [-0.25, -0.2) is 9.91 Å². The van der Waals surface area contributed by atoms with E-state index in [-0.39, 0.29) is 23.4 Å². The van der Waals surface area contributed by atoms with Gasteiger partial charge >= 0.3 is 0 Å². The molecular weight excluding hydrogens is 444 g/mol. The first-order valence-electron chi connectivity index (χ1n) is 10.2. The Morgan fingerprint density at radius 2 is 1.88 bits per heavy atom. The van der Waals surface area contributed by atoms with Gasteiger partial charge in [-0.15, -0.1) is 0 Å². The molecule has 4 amide bonds. The van der Waals surface area contributed by atoms with Crippen LogP contribution in [0.5, 0.6) is 5.75 Å². The molecule has 3 rings (SSSR count). The molecule has 1 heterocycles. The van der Waals surface area contributed by atoms with Crippen LogP contribution in [-0.4, -0.2) is 46.7 Å². The molecule has 1 N–H and O–H groups in total. The molecule has 0 radical (unpaired) electrons. The van der Waals surface area contributed by atoms with Crippen LogP contribution in [0.4, 0.5) is 11.4 Å². The summed E-state index contributed by atoms with van der Waals surface area (Å²) >= 11 is 0. The van der Waals surface area contributed by atoms with E-state index < -0.39 is 34.6 Å². The number of amides is 4. The number of anilines is 1. The van der Waals surface area contributed by atoms with Crippen LogP contribution in [0.2, 0.25) is 0 Å². The predicted octanol–water partition coefficient (Wildman–Crippen LogP) is 2.29. The van der Waals surface area contributed by atoms with Crippen LogP contribution in [0.3, 0.4) is 0 Å². The first-order chi connectivity index (χ1) is 16.2. The number of rotatable bonds is 6. The number of carbonyl (C=O) groups excluding carboxylic acids is 4. The average Bonchev–Trinajstić information content (AvgIpc) is 3.10. The number of imide groups is 1. The van der Waals surface area contributed by atoms with E-state index in [2.05, 4.69) is 5.43 Å². The molecule has 1 saturated heterocycles. The van der Waals surface area contributed by atoms with Crippen LogP contribution in [0.1, 0.15) is 29.3 Å². The minimum absolute atomic E-state index is 0.0258. The number of non-ortho nitro benzene ring substituents is 1. The van der Waals surface area contributed by atoms with Gasteiger partial charge in [-0.2, -0.15) is 0 Å². The van der Waals surface area contributed by atoms with E-state index in [1.54, 1.807) is 32.0 Å². The van der Waals surface area contributed by atoms with Crippen molar-refractivity contribution in [3.63, 3.8) is 0 Å². The van der Waals surface area contributed by atoms with Crippen molar-refractivity contribution in [2.45, 2.75) is 26.3 Å². The molecule has 0 aliphatic carbocycles. The standard InChI is InChI=1S/C23H22N4O7/c1-4-5-20(28)26(24-22(30)15-7-9-16(10-8-15)27(32)33)18-13-21(29)25(23(18)31)17-12-14(2)6-11-19(17)34-3/h4-12,18H,13H2,1-3H3,(H,24,30). The van der Waals surface area contributed by atoms with Crippen LogP contribution in [0.25, 0.3) is 0 Å². The van der Waals surface area contributed by atoms with Crippen molar-refractivity contribution in [2.75, 3.05) is 12.0 Å². The van der Waals surface area contributed by atoms with Gasteiger partial charge in [0.05, 0.1) is 24.1 Å². The highest BCUT2D eigenvalue weighted by Gasteiger charge is 2.45. The molecule has 1 unspecified atom stereocenters. The van der Waals surface area contributed by atoms with Crippen molar-refractivity contribution >= 4 is 35.0 Å². The van der Waals surface area contributed by atoms with E-state index in [0.717, 1.165) is 33.7 Å². The lowest BCUT2D eigenvalue weighted by atomic mass is 10.2. The molecule has 0 bridgehead atoms. The SMILES string of the molecule is CC=CC(=O)N(NC(=O)c1ccc([N+](=O)[O-])cc1)C1CC(=O)N(c2cc(C)ccc2OC)C1=O. The van der Waals surface area contributed by atoms with Crippen LogP contribution >= 0.6 is 0 Å². The molecule has 1 aliphatic rings. The Morgan fingerprint density at radius 1 is 1.21 bits per heavy atom. The zero-order valence-corrected chi connectivity index (χ0v) is 18.7. The lowest BCUT2D eigenvalue weighted by Gasteiger charge is -2.27. The molecular formula is C23H22N4O7. The third kappa shape index (κ3) is 4.77. The number of hydrazine groups is 1. The number of nitro groups is 1. The van der Waals surface area contributed by atoms with Gasteiger partial charge < -0.3 is 4.74 Å². The minimum Gasteiger partial charge on any atom is -0.495 e. The number of methoxy groups -OCH3 is 1. The summed E-state index contributed by atoms with van der Waals surface area (Å²) in [5.74, 6) is -2.48. The Morgan fingerprint density at radius 3 is 2.47 bits per heavy atom. The van der Waals surface area contributed by atoms with Crippen LogP contribution in [0.15, 0.2) is 54.6 Å². The number of hydrogen-bond donors (Lipinski definition) is 1. The quantitative estimate of drug-likeness (QED) is 0.298. The maximum absolute atomic E-state index is 13.3. The highest BCUT2D eigenvalue weighted by atomic mass is 16.6. The zero-order valence-electron chi connectivity index (χ0n) is 18.7. The van der Waals surface area contributed by atoms with Crippen LogP contribution < -0.4 is 15.1 Å². The third-order valence-electron chi connectivity index (χ3n) is 5.12. The van der Waals surface area contributed by atoms with E-state index in [1.807, 2.05) is 0 Å². The van der Waals surface area contributed by atoms with Crippen LogP contribution in [-0.2, 0) is 14.4 Å². The van der Waals surface area contributed by atoms with Gasteiger partial charge in [0, 0.05) is 23.8 Å². The van der Waals surface area contributed by atoms with Crippen molar-refractivity contribution in [3.8, 4) is 5.75 Å². The predicted molar refractivity (Wildman–Crippen MR) is 121 cm³/mol. The fourth-order valence-corrected chi connectivity index (χ4v) is 3.46. The van der Waals surface area contributed by atoms with Gasteiger partial charge in [-0.1, -0.05) is 12.1 Å². The summed E-state index contributed by atoms with van der Waals surface area (Å²) in [5, 5.41) is 11.6. The first-order valence-corrected chi connectivity index (χ1v) is 10.2. The van der Waals surface area contributed by atoms with Crippen molar-refractivity contribution in [1.82, 2.24) is 10.4 Å².